The minimum Gasteiger partial charge on any atom is -0.492 e. The Balaban J connectivity index is 1.13. The summed E-state index contributed by atoms with van der Waals surface area (Å²) in [5.74, 6) is 1.00. The predicted molar refractivity (Wildman–Crippen MR) is 148 cm³/mol. The molecule has 0 aliphatic carbocycles. The number of rotatable bonds is 12. The Morgan fingerprint density at radius 1 is 0.846 bits per heavy atom. The van der Waals surface area contributed by atoms with Crippen LogP contribution in [0.15, 0.2) is 78.9 Å². The van der Waals surface area contributed by atoms with Crippen molar-refractivity contribution >= 4 is 0 Å². The molecule has 2 N–H and O–H groups in total. The van der Waals surface area contributed by atoms with E-state index in [1.165, 1.54) is 17.7 Å². The molecule has 0 bridgehead atoms. The number of hydrogen-bond acceptors (Lipinski definition) is 5. The summed E-state index contributed by atoms with van der Waals surface area (Å²) in [5.41, 5.74) is 1.98. The largest absolute Gasteiger partial charge is 0.492 e. The summed E-state index contributed by atoms with van der Waals surface area (Å²) in [7, 11) is 0. The average Bonchev–Trinajstić information content (AvgIpc) is 2.94. The lowest BCUT2D eigenvalue weighted by Crippen LogP contribution is -2.47. The SMILES string of the molecule is CC(CNCC(O)c1cccc(C(F)(F)F)c1)c1ccc(OCCN2CCN(Cc3ccccc3)CC2)cc1. The van der Waals surface area contributed by atoms with E-state index in [4.69, 9.17) is 4.74 Å². The van der Waals surface area contributed by atoms with Gasteiger partial charge >= 0.3 is 6.18 Å². The van der Waals surface area contributed by atoms with E-state index in [1.807, 2.05) is 24.3 Å². The number of piperazine rings is 1. The van der Waals surface area contributed by atoms with Gasteiger partial charge in [-0.3, -0.25) is 9.80 Å². The Morgan fingerprint density at radius 3 is 2.23 bits per heavy atom. The zero-order chi connectivity index (χ0) is 27.7. The summed E-state index contributed by atoms with van der Waals surface area (Å²) in [6.07, 6.45) is -5.44. The number of ether oxygens (including phenoxy) is 1. The van der Waals surface area contributed by atoms with Crippen molar-refractivity contribution in [1.82, 2.24) is 15.1 Å². The molecule has 210 valence electrons. The van der Waals surface area contributed by atoms with Crippen molar-refractivity contribution in [3.63, 3.8) is 0 Å². The molecule has 1 saturated heterocycles. The standard InChI is InChI=1S/C31H38F3N3O2/c1-24(21-35-22-30(38)27-8-5-9-28(20-27)31(32,33)34)26-10-12-29(13-11-26)39-19-18-36-14-16-37(17-15-36)23-25-6-3-2-4-7-25/h2-13,20,24,30,35,38H,14-19,21-23H2,1H3. The van der Waals surface area contributed by atoms with Gasteiger partial charge in [-0.05, 0) is 46.9 Å². The number of benzene rings is 3. The molecule has 0 amide bonds. The summed E-state index contributed by atoms with van der Waals surface area (Å²) in [6.45, 7) is 9.58. The van der Waals surface area contributed by atoms with E-state index < -0.39 is 17.8 Å². The fourth-order valence-corrected chi connectivity index (χ4v) is 4.79. The minimum atomic E-state index is -4.42. The maximum Gasteiger partial charge on any atom is 0.416 e. The number of nitrogens with zero attached hydrogens (tertiary/aromatic N) is 2. The van der Waals surface area contributed by atoms with Crippen LogP contribution < -0.4 is 10.1 Å². The fraction of sp³-hybridized carbons (Fsp3) is 0.419. The first-order valence-corrected chi connectivity index (χ1v) is 13.6. The van der Waals surface area contributed by atoms with Gasteiger partial charge in [0.15, 0.2) is 0 Å². The van der Waals surface area contributed by atoms with Crippen molar-refractivity contribution in [3.05, 3.63) is 101 Å². The zero-order valence-corrected chi connectivity index (χ0v) is 22.4. The van der Waals surface area contributed by atoms with Crippen molar-refractivity contribution < 1.29 is 23.0 Å². The van der Waals surface area contributed by atoms with Crippen LogP contribution in [0.1, 0.15) is 41.2 Å². The normalized spacial score (nSPS) is 16.6. The molecule has 1 aliphatic rings. The molecule has 2 unspecified atom stereocenters. The van der Waals surface area contributed by atoms with Gasteiger partial charge < -0.3 is 15.2 Å². The lowest BCUT2D eigenvalue weighted by Gasteiger charge is -2.34. The zero-order valence-electron chi connectivity index (χ0n) is 22.4. The molecule has 1 fully saturated rings. The minimum absolute atomic E-state index is 0.167. The third kappa shape index (κ3) is 9.07. The second kappa shape index (κ2) is 13.9. The highest BCUT2D eigenvalue weighted by Crippen LogP contribution is 2.30. The third-order valence-electron chi connectivity index (χ3n) is 7.23. The van der Waals surface area contributed by atoms with Gasteiger partial charge in [-0.15, -0.1) is 0 Å². The van der Waals surface area contributed by atoms with Crippen molar-refractivity contribution in [1.29, 1.82) is 0 Å². The van der Waals surface area contributed by atoms with Crippen LogP contribution >= 0.6 is 0 Å². The fourth-order valence-electron chi connectivity index (χ4n) is 4.79. The lowest BCUT2D eigenvalue weighted by molar-refractivity contribution is -0.137. The summed E-state index contributed by atoms with van der Waals surface area (Å²) < 4.78 is 44.7. The molecule has 0 radical (unpaired) electrons. The molecule has 2 atom stereocenters. The van der Waals surface area contributed by atoms with E-state index in [0.29, 0.717) is 13.2 Å². The monoisotopic (exact) mass is 541 g/mol. The van der Waals surface area contributed by atoms with E-state index in [-0.39, 0.29) is 18.0 Å². The molecule has 5 nitrogen and oxygen atoms in total. The van der Waals surface area contributed by atoms with Gasteiger partial charge in [0.1, 0.15) is 12.4 Å². The molecule has 1 aliphatic heterocycles. The maximum atomic E-state index is 12.9. The quantitative estimate of drug-likeness (QED) is 0.325. The third-order valence-corrected chi connectivity index (χ3v) is 7.23. The lowest BCUT2D eigenvalue weighted by atomic mass is 10.0. The van der Waals surface area contributed by atoms with Crippen LogP contribution in [0.4, 0.5) is 13.2 Å². The van der Waals surface area contributed by atoms with Crippen LogP contribution in [0.25, 0.3) is 0 Å². The number of hydrogen-bond donors (Lipinski definition) is 2. The second-order valence-corrected chi connectivity index (χ2v) is 10.2. The molecular formula is C31H38F3N3O2. The molecule has 0 saturated carbocycles. The van der Waals surface area contributed by atoms with Crippen LogP contribution in [-0.4, -0.2) is 67.3 Å². The average molecular weight is 542 g/mol. The van der Waals surface area contributed by atoms with E-state index >= 15 is 0 Å². The predicted octanol–water partition coefficient (Wildman–Crippen LogP) is 5.33. The molecular weight excluding hydrogens is 503 g/mol. The van der Waals surface area contributed by atoms with E-state index in [0.717, 1.165) is 62.7 Å². The van der Waals surface area contributed by atoms with Crippen molar-refractivity contribution in [3.8, 4) is 5.75 Å². The van der Waals surface area contributed by atoms with Crippen molar-refractivity contribution in [2.75, 3.05) is 52.4 Å². The highest BCUT2D eigenvalue weighted by molar-refractivity contribution is 5.30. The number of aliphatic hydroxyl groups is 1. The van der Waals surface area contributed by atoms with E-state index in [2.05, 4.69) is 52.4 Å². The molecule has 8 heteroatoms. The van der Waals surface area contributed by atoms with Crippen LogP contribution in [0, 0.1) is 0 Å². The molecule has 0 aromatic heterocycles. The Morgan fingerprint density at radius 2 is 1.54 bits per heavy atom. The topological polar surface area (TPSA) is 48.0 Å². The van der Waals surface area contributed by atoms with Crippen LogP contribution in [-0.2, 0) is 12.7 Å². The van der Waals surface area contributed by atoms with Crippen molar-refractivity contribution in [2.45, 2.75) is 31.7 Å². The van der Waals surface area contributed by atoms with Gasteiger partial charge in [0.05, 0.1) is 11.7 Å². The van der Waals surface area contributed by atoms with Gasteiger partial charge in [0.25, 0.3) is 0 Å². The van der Waals surface area contributed by atoms with E-state index in [1.54, 1.807) is 0 Å². The highest BCUT2D eigenvalue weighted by Gasteiger charge is 2.30. The first-order valence-electron chi connectivity index (χ1n) is 13.6. The Hall–Kier alpha value is -2.91. The smallest absolute Gasteiger partial charge is 0.416 e. The number of alkyl halides is 3. The number of halogens is 3. The Labute approximate surface area is 229 Å². The van der Waals surface area contributed by atoms with Gasteiger partial charge in [0, 0.05) is 52.4 Å². The molecule has 4 rings (SSSR count). The van der Waals surface area contributed by atoms with E-state index in [9.17, 15) is 18.3 Å². The van der Waals surface area contributed by atoms with Crippen LogP contribution in [0.3, 0.4) is 0 Å². The van der Waals surface area contributed by atoms with Crippen LogP contribution in [0.5, 0.6) is 5.75 Å². The van der Waals surface area contributed by atoms with Gasteiger partial charge in [0.2, 0.25) is 0 Å². The maximum absolute atomic E-state index is 12.9. The first-order chi connectivity index (χ1) is 18.8. The summed E-state index contributed by atoms with van der Waals surface area (Å²) >= 11 is 0. The molecule has 39 heavy (non-hydrogen) atoms. The summed E-state index contributed by atoms with van der Waals surface area (Å²) in [6, 6.07) is 23.4. The molecule has 3 aromatic rings. The highest BCUT2D eigenvalue weighted by atomic mass is 19.4. The second-order valence-electron chi connectivity index (χ2n) is 10.2. The molecule has 0 spiro atoms. The number of aliphatic hydroxyl groups excluding tert-OH is 1. The molecule has 1 heterocycles. The van der Waals surface area contributed by atoms with Crippen molar-refractivity contribution in [2.24, 2.45) is 0 Å². The Bertz CT molecular complexity index is 1130. The van der Waals surface area contributed by atoms with Gasteiger partial charge in [-0.1, -0.05) is 61.5 Å². The Kier molecular flexibility index (Phi) is 10.4. The number of nitrogens with one attached hydrogen (secondary N) is 1. The van der Waals surface area contributed by atoms with Crippen LogP contribution in [0.2, 0.25) is 0 Å². The van der Waals surface area contributed by atoms with Gasteiger partial charge in [-0.25, -0.2) is 0 Å². The van der Waals surface area contributed by atoms with Gasteiger partial charge in [-0.2, -0.15) is 13.2 Å². The summed E-state index contributed by atoms with van der Waals surface area (Å²) in [5, 5.41) is 13.5. The summed E-state index contributed by atoms with van der Waals surface area (Å²) in [4.78, 5) is 4.94. The first kappa shape index (κ1) is 29.1. The molecule has 3 aromatic carbocycles.